The average Bonchev–Trinajstić information content (AvgIpc) is 2.92. The number of aromatic carboxylic acids is 1. The fourth-order valence-electron chi connectivity index (χ4n) is 3.66. The highest BCUT2D eigenvalue weighted by molar-refractivity contribution is 6.31. The normalized spacial score (nSPS) is 11.2. The molecule has 1 N–H and O–H groups in total. The molecule has 0 fully saturated rings. The first-order valence-corrected chi connectivity index (χ1v) is 10.4. The maximum atomic E-state index is 12.8. The third-order valence-corrected chi connectivity index (χ3v) is 5.39. The molecule has 0 saturated heterocycles. The van der Waals surface area contributed by atoms with E-state index in [9.17, 15) is 14.7 Å². The predicted molar refractivity (Wildman–Crippen MR) is 111 cm³/mol. The number of carbonyl (C=O) groups is 2. The van der Waals surface area contributed by atoms with Gasteiger partial charge in [-0.05, 0) is 18.6 Å². The number of unbranched alkanes of at least 4 members (excludes halogenated alkanes) is 8. The number of hydrogen-bond acceptors (Lipinski definition) is 2. The van der Waals surface area contributed by atoms with Crippen molar-refractivity contribution < 1.29 is 14.7 Å². The zero-order valence-electron chi connectivity index (χ0n) is 16.4. The van der Waals surface area contributed by atoms with Crippen LogP contribution in [-0.2, 0) is 7.05 Å². The number of halogens is 1. The van der Waals surface area contributed by atoms with E-state index in [-0.39, 0.29) is 11.5 Å². The van der Waals surface area contributed by atoms with Crippen LogP contribution in [0.3, 0.4) is 0 Å². The Bertz CT molecular complexity index is 794. The second-order valence-electron chi connectivity index (χ2n) is 7.25. The van der Waals surface area contributed by atoms with Crippen molar-refractivity contribution in [3.05, 3.63) is 34.5 Å². The molecule has 0 radical (unpaired) electrons. The zero-order valence-corrected chi connectivity index (χ0v) is 17.1. The molecule has 2 aromatic rings. The lowest BCUT2D eigenvalue weighted by molar-refractivity contribution is 0.0682. The van der Waals surface area contributed by atoms with Gasteiger partial charge in [-0.3, -0.25) is 4.79 Å². The summed E-state index contributed by atoms with van der Waals surface area (Å²) in [5, 5.41) is 10.8. The molecule has 148 valence electrons. The lowest BCUT2D eigenvalue weighted by atomic mass is 10.0. The van der Waals surface area contributed by atoms with Gasteiger partial charge in [-0.1, -0.05) is 76.0 Å². The molecule has 0 atom stereocenters. The van der Waals surface area contributed by atoms with E-state index in [1.54, 1.807) is 29.8 Å². The molecule has 1 heterocycles. The van der Waals surface area contributed by atoms with Crippen LogP contribution in [0.15, 0.2) is 18.2 Å². The van der Waals surface area contributed by atoms with Crippen molar-refractivity contribution >= 4 is 34.3 Å². The van der Waals surface area contributed by atoms with Gasteiger partial charge in [0.2, 0.25) is 0 Å². The van der Waals surface area contributed by atoms with E-state index in [4.69, 9.17) is 11.6 Å². The van der Waals surface area contributed by atoms with E-state index in [2.05, 4.69) is 6.92 Å². The minimum absolute atomic E-state index is 0.0493. The number of hydrogen-bond donors (Lipinski definition) is 1. The second-order valence-corrected chi connectivity index (χ2v) is 7.69. The molecule has 5 heteroatoms. The molecule has 0 spiro atoms. The fraction of sp³-hybridized carbons (Fsp3) is 0.545. The maximum absolute atomic E-state index is 12.8. The number of aromatic nitrogens is 1. The van der Waals surface area contributed by atoms with Gasteiger partial charge in [0.25, 0.3) is 0 Å². The second kappa shape index (κ2) is 10.5. The molecule has 0 saturated carbocycles. The van der Waals surface area contributed by atoms with Crippen molar-refractivity contribution in [3.63, 3.8) is 0 Å². The van der Waals surface area contributed by atoms with Crippen LogP contribution in [0.2, 0.25) is 5.02 Å². The van der Waals surface area contributed by atoms with Crippen LogP contribution in [0.5, 0.6) is 0 Å². The van der Waals surface area contributed by atoms with Gasteiger partial charge in [0.15, 0.2) is 5.78 Å². The topological polar surface area (TPSA) is 59.3 Å². The van der Waals surface area contributed by atoms with E-state index in [1.165, 1.54) is 38.5 Å². The van der Waals surface area contributed by atoms with Crippen molar-refractivity contribution in [2.75, 3.05) is 0 Å². The smallest absolute Gasteiger partial charge is 0.353 e. The summed E-state index contributed by atoms with van der Waals surface area (Å²) in [4.78, 5) is 24.5. The summed E-state index contributed by atoms with van der Waals surface area (Å²) in [6.07, 6.45) is 11.0. The Morgan fingerprint density at radius 2 is 1.59 bits per heavy atom. The Balaban J connectivity index is 1.95. The minimum atomic E-state index is -1.08. The number of fused-ring (bicyclic) bond motifs is 1. The molecule has 1 aromatic heterocycles. The Morgan fingerprint density at radius 3 is 2.19 bits per heavy atom. The summed E-state index contributed by atoms with van der Waals surface area (Å²) in [6.45, 7) is 2.22. The molecule has 0 aliphatic carbocycles. The molecule has 1 aromatic carbocycles. The Morgan fingerprint density at radius 1 is 1.00 bits per heavy atom. The van der Waals surface area contributed by atoms with E-state index < -0.39 is 5.97 Å². The molecule has 0 unspecified atom stereocenters. The number of carbonyl (C=O) groups excluding carboxylic acids is 1. The average molecular weight is 392 g/mol. The monoisotopic (exact) mass is 391 g/mol. The van der Waals surface area contributed by atoms with E-state index in [0.717, 1.165) is 19.3 Å². The molecule has 4 nitrogen and oxygen atoms in total. The summed E-state index contributed by atoms with van der Waals surface area (Å²) in [6, 6.07) is 5.15. The molecule has 0 aliphatic heterocycles. The van der Waals surface area contributed by atoms with Gasteiger partial charge in [0, 0.05) is 23.9 Å². The van der Waals surface area contributed by atoms with Crippen molar-refractivity contribution in [2.24, 2.45) is 7.05 Å². The van der Waals surface area contributed by atoms with Crippen LogP contribution < -0.4 is 0 Å². The maximum Gasteiger partial charge on any atom is 0.353 e. The van der Waals surface area contributed by atoms with Crippen LogP contribution in [0, 0.1) is 0 Å². The van der Waals surface area contributed by atoms with E-state index >= 15 is 0 Å². The first-order chi connectivity index (χ1) is 13.0. The van der Waals surface area contributed by atoms with Gasteiger partial charge in [0.1, 0.15) is 5.69 Å². The quantitative estimate of drug-likeness (QED) is 0.326. The lowest BCUT2D eigenvalue weighted by Gasteiger charge is -2.04. The highest BCUT2D eigenvalue weighted by atomic mass is 35.5. The van der Waals surface area contributed by atoms with E-state index in [0.29, 0.717) is 27.9 Å². The number of nitrogens with zero attached hydrogens (tertiary/aromatic N) is 1. The standard InChI is InChI=1S/C22H30ClNO3/c1-3-4-5-6-7-8-9-10-11-12-19(25)20-17-14-13-16(23)15-18(17)24(2)21(20)22(26)27/h13-15H,3-12H2,1-2H3,(H,26,27). The zero-order chi connectivity index (χ0) is 19.8. The molecule has 0 aliphatic rings. The largest absolute Gasteiger partial charge is 0.477 e. The summed E-state index contributed by atoms with van der Waals surface area (Å²) >= 11 is 6.04. The van der Waals surface area contributed by atoms with Crippen molar-refractivity contribution in [2.45, 2.75) is 71.1 Å². The van der Waals surface area contributed by atoms with E-state index in [1.807, 2.05) is 0 Å². The van der Waals surface area contributed by atoms with Gasteiger partial charge < -0.3 is 9.67 Å². The third kappa shape index (κ3) is 5.58. The molecule has 0 bridgehead atoms. The molecule has 0 amide bonds. The van der Waals surface area contributed by atoms with Gasteiger partial charge in [-0.15, -0.1) is 0 Å². The first-order valence-electron chi connectivity index (χ1n) is 10.0. The Kier molecular flexibility index (Phi) is 8.36. The van der Waals surface area contributed by atoms with Gasteiger partial charge >= 0.3 is 5.97 Å². The number of benzene rings is 1. The van der Waals surface area contributed by atoms with Gasteiger partial charge in [-0.25, -0.2) is 4.79 Å². The molecular weight excluding hydrogens is 362 g/mol. The summed E-state index contributed by atoms with van der Waals surface area (Å²) in [7, 11) is 1.66. The van der Waals surface area contributed by atoms with Crippen molar-refractivity contribution in [3.8, 4) is 0 Å². The van der Waals surface area contributed by atoms with Crippen molar-refractivity contribution in [1.82, 2.24) is 4.57 Å². The van der Waals surface area contributed by atoms with Crippen LogP contribution in [0.1, 0.15) is 92.0 Å². The lowest BCUT2D eigenvalue weighted by Crippen LogP contribution is -2.11. The molecule has 2 rings (SSSR count). The number of carboxylic acids is 1. The van der Waals surface area contributed by atoms with Gasteiger partial charge in [0.05, 0.1) is 11.1 Å². The minimum Gasteiger partial charge on any atom is -0.477 e. The summed E-state index contributed by atoms with van der Waals surface area (Å²) in [5.74, 6) is -1.18. The molecule has 27 heavy (non-hydrogen) atoms. The van der Waals surface area contributed by atoms with Crippen LogP contribution in [-0.4, -0.2) is 21.4 Å². The number of aryl methyl sites for hydroxylation is 1. The van der Waals surface area contributed by atoms with Crippen LogP contribution in [0.25, 0.3) is 10.9 Å². The molecular formula is C22H30ClNO3. The summed E-state index contributed by atoms with van der Waals surface area (Å²) in [5.41, 5.74) is 1.04. The summed E-state index contributed by atoms with van der Waals surface area (Å²) < 4.78 is 1.55. The fourth-order valence-corrected chi connectivity index (χ4v) is 3.83. The van der Waals surface area contributed by atoms with Crippen LogP contribution >= 0.6 is 11.6 Å². The van der Waals surface area contributed by atoms with Gasteiger partial charge in [-0.2, -0.15) is 0 Å². The highest BCUT2D eigenvalue weighted by Crippen LogP contribution is 2.29. The highest BCUT2D eigenvalue weighted by Gasteiger charge is 2.25. The predicted octanol–water partition coefficient (Wildman–Crippen LogP) is 6.63. The number of ketones is 1. The number of rotatable bonds is 12. The Hall–Kier alpha value is -1.81. The van der Waals surface area contributed by atoms with Crippen LogP contribution in [0.4, 0.5) is 0 Å². The number of Topliss-reactive ketones (excluding diaryl/α,β-unsaturated/α-hetero) is 1. The first kappa shape index (κ1) is 21.5. The van der Waals surface area contributed by atoms with Crippen molar-refractivity contribution in [1.29, 1.82) is 0 Å². The number of carboxylic acid groups (broad SMARTS) is 1. The SMILES string of the molecule is CCCCCCCCCCCC(=O)c1c(C(=O)O)n(C)c2cc(Cl)ccc12. The third-order valence-electron chi connectivity index (χ3n) is 5.15. The Labute approximate surface area is 166 Å².